The molecule has 5 heteroatoms. The van der Waals surface area contributed by atoms with Crippen molar-refractivity contribution in [2.75, 3.05) is 12.0 Å². The summed E-state index contributed by atoms with van der Waals surface area (Å²) in [6.07, 6.45) is 2.35. The van der Waals surface area contributed by atoms with Crippen LogP contribution >= 0.6 is 0 Å². The number of nitrogens with zero attached hydrogens (tertiary/aromatic N) is 1. The highest BCUT2D eigenvalue weighted by Crippen LogP contribution is 2.08. The molecule has 2 rings (SSSR count). The zero-order valence-corrected chi connectivity index (χ0v) is 11.4. The molecular formula is C15H18N4O. The average molecular weight is 270 g/mol. The van der Waals surface area contributed by atoms with E-state index in [1.54, 1.807) is 18.3 Å². The van der Waals surface area contributed by atoms with E-state index in [9.17, 15) is 4.79 Å². The number of carbonyl (C=O) groups is 1. The molecule has 0 saturated heterocycles. The lowest BCUT2D eigenvalue weighted by Gasteiger charge is -2.08. The molecule has 1 aromatic carbocycles. The first-order chi connectivity index (χ1) is 9.70. The van der Waals surface area contributed by atoms with Gasteiger partial charge in [0, 0.05) is 12.7 Å². The van der Waals surface area contributed by atoms with Gasteiger partial charge in [0.2, 0.25) is 0 Å². The molecule has 0 aliphatic heterocycles. The SMILES string of the molecule is Cc1ccccc1CCNC(=O)c1cc(NN)ccn1. The van der Waals surface area contributed by atoms with E-state index in [0.717, 1.165) is 6.42 Å². The van der Waals surface area contributed by atoms with Gasteiger partial charge in [0.05, 0.1) is 5.69 Å². The van der Waals surface area contributed by atoms with Crippen molar-refractivity contribution in [2.45, 2.75) is 13.3 Å². The van der Waals surface area contributed by atoms with Gasteiger partial charge in [0.1, 0.15) is 5.69 Å². The highest BCUT2D eigenvalue weighted by molar-refractivity contribution is 5.93. The Balaban J connectivity index is 1.91. The zero-order valence-electron chi connectivity index (χ0n) is 11.4. The second kappa shape index (κ2) is 6.68. The molecule has 0 spiro atoms. The fraction of sp³-hybridized carbons (Fsp3) is 0.200. The van der Waals surface area contributed by atoms with Crippen LogP contribution in [0.25, 0.3) is 0 Å². The molecule has 0 unspecified atom stereocenters. The van der Waals surface area contributed by atoms with Gasteiger partial charge in [-0.1, -0.05) is 24.3 Å². The topological polar surface area (TPSA) is 80.0 Å². The summed E-state index contributed by atoms with van der Waals surface area (Å²) in [5.41, 5.74) is 5.97. The summed E-state index contributed by atoms with van der Waals surface area (Å²) in [6, 6.07) is 11.5. The molecule has 1 aromatic heterocycles. The largest absolute Gasteiger partial charge is 0.350 e. The maximum absolute atomic E-state index is 11.9. The maximum atomic E-state index is 11.9. The molecule has 20 heavy (non-hydrogen) atoms. The Hall–Kier alpha value is -2.40. The minimum Gasteiger partial charge on any atom is -0.350 e. The highest BCUT2D eigenvalue weighted by Gasteiger charge is 2.07. The number of amides is 1. The molecule has 5 nitrogen and oxygen atoms in total. The number of pyridine rings is 1. The van der Waals surface area contributed by atoms with E-state index in [1.807, 2.05) is 12.1 Å². The number of aromatic nitrogens is 1. The lowest BCUT2D eigenvalue weighted by atomic mass is 10.1. The number of nitrogen functional groups attached to an aromatic ring is 1. The number of aryl methyl sites for hydroxylation is 1. The third kappa shape index (κ3) is 3.55. The van der Waals surface area contributed by atoms with Crippen LogP contribution in [0.15, 0.2) is 42.6 Å². The summed E-state index contributed by atoms with van der Waals surface area (Å²) >= 11 is 0. The van der Waals surface area contributed by atoms with Crippen LogP contribution < -0.4 is 16.6 Å². The van der Waals surface area contributed by atoms with Crippen LogP contribution in [-0.4, -0.2) is 17.4 Å². The Morgan fingerprint density at radius 3 is 2.85 bits per heavy atom. The van der Waals surface area contributed by atoms with Crippen molar-refractivity contribution in [3.63, 3.8) is 0 Å². The predicted molar refractivity (Wildman–Crippen MR) is 79.3 cm³/mol. The average Bonchev–Trinajstić information content (AvgIpc) is 2.49. The third-order valence-electron chi connectivity index (χ3n) is 3.10. The molecule has 1 amide bonds. The van der Waals surface area contributed by atoms with Gasteiger partial charge in [-0.25, -0.2) is 0 Å². The number of benzene rings is 1. The standard InChI is InChI=1S/C15H18N4O/c1-11-4-2-3-5-12(11)6-8-18-15(20)14-10-13(19-16)7-9-17-14/h2-5,7,9-10H,6,8,16H2,1H3,(H,17,19)(H,18,20). The lowest BCUT2D eigenvalue weighted by Crippen LogP contribution is -2.26. The Morgan fingerprint density at radius 2 is 2.10 bits per heavy atom. The Bertz CT molecular complexity index is 598. The molecule has 0 radical (unpaired) electrons. The van der Waals surface area contributed by atoms with Gasteiger partial charge >= 0.3 is 0 Å². The van der Waals surface area contributed by atoms with Gasteiger partial charge in [-0.05, 0) is 36.6 Å². The molecule has 0 saturated carbocycles. The van der Waals surface area contributed by atoms with E-state index in [4.69, 9.17) is 5.84 Å². The van der Waals surface area contributed by atoms with Gasteiger partial charge in [-0.3, -0.25) is 15.6 Å². The molecule has 1 heterocycles. The maximum Gasteiger partial charge on any atom is 0.269 e. The number of hydrazine groups is 1. The summed E-state index contributed by atoms with van der Waals surface area (Å²) < 4.78 is 0. The molecule has 0 aliphatic rings. The van der Waals surface area contributed by atoms with Crippen LogP contribution in [0.1, 0.15) is 21.6 Å². The van der Waals surface area contributed by atoms with Crippen LogP contribution in [0.5, 0.6) is 0 Å². The zero-order chi connectivity index (χ0) is 14.4. The second-order valence-electron chi connectivity index (χ2n) is 4.51. The summed E-state index contributed by atoms with van der Waals surface area (Å²) in [5.74, 6) is 5.10. The Morgan fingerprint density at radius 1 is 1.30 bits per heavy atom. The highest BCUT2D eigenvalue weighted by atomic mass is 16.1. The normalized spacial score (nSPS) is 10.1. The fourth-order valence-electron chi connectivity index (χ4n) is 1.94. The number of nitrogens with one attached hydrogen (secondary N) is 2. The van der Waals surface area contributed by atoms with E-state index < -0.39 is 0 Å². The summed E-state index contributed by atoms with van der Waals surface area (Å²) in [7, 11) is 0. The minimum atomic E-state index is -0.198. The molecule has 104 valence electrons. The third-order valence-corrected chi connectivity index (χ3v) is 3.10. The summed E-state index contributed by atoms with van der Waals surface area (Å²) in [4.78, 5) is 16.0. The van der Waals surface area contributed by atoms with Crippen molar-refractivity contribution in [1.82, 2.24) is 10.3 Å². The van der Waals surface area contributed by atoms with Crippen molar-refractivity contribution in [1.29, 1.82) is 0 Å². The molecule has 0 fully saturated rings. The van der Waals surface area contributed by atoms with E-state index in [1.165, 1.54) is 11.1 Å². The van der Waals surface area contributed by atoms with Crippen molar-refractivity contribution in [3.05, 3.63) is 59.4 Å². The molecule has 0 bridgehead atoms. The number of hydrogen-bond donors (Lipinski definition) is 3. The minimum absolute atomic E-state index is 0.198. The number of nitrogens with two attached hydrogens (primary N) is 1. The summed E-state index contributed by atoms with van der Waals surface area (Å²) in [6.45, 7) is 2.64. The van der Waals surface area contributed by atoms with Crippen molar-refractivity contribution in [2.24, 2.45) is 5.84 Å². The van der Waals surface area contributed by atoms with E-state index in [-0.39, 0.29) is 5.91 Å². The molecule has 2 aromatic rings. The fourth-order valence-corrected chi connectivity index (χ4v) is 1.94. The molecule has 4 N–H and O–H groups in total. The van der Waals surface area contributed by atoms with Gasteiger partial charge in [0.15, 0.2) is 0 Å². The first-order valence-electron chi connectivity index (χ1n) is 6.46. The number of anilines is 1. The van der Waals surface area contributed by atoms with Crippen LogP contribution in [0.4, 0.5) is 5.69 Å². The number of rotatable bonds is 5. The first-order valence-corrected chi connectivity index (χ1v) is 6.46. The van der Waals surface area contributed by atoms with E-state index >= 15 is 0 Å². The van der Waals surface area contributed by atoms with Gasteiger partial charge in [-0.2, -0.15) is 0 Å². The second-order valence-corrected chi connectivity index (χ2v) is 4.51. The van der Waals surface area contributed by atoms with Crippen LogP contribution in [0.2, 0.25) is 0 Å². The number of carbonyl (C=O) groups excluding carboxylic acids is 1. The van der Waals surface area contributed by atoms with E-state index in [0.29, 0.717) is 17.9 Å². The van der Waals surface area contributed by atoms with Crippen molar-refractivity contribution < 1.29 is 4.79 Å². The van der Waals surface area contributed by atoms with Crippen LogP contribution in [0.3, 0.4) is 0 Å². The van der Waals surface area contributed by atoms with Gasteiger partial charge in [-0.15, -0.1) is 0 Å². The summed E-state index contributed by atoms with van der Waals surface area (Å²) in [5, 5.41) is 2.86. The monoisotopic (exact) mass is 270 g/mol. The van der Waals surface area contributed by atoms with Gasteiger partial charge in [0.25, 0.3) is 5.91 Å². The smallest absolute Gasteiger partial charge is 0.269 e. The van der Waals surface area contributed by atoms with Crippen molar-refractivity contribution >= 4 is 11.6 Å². The lowest BCUT2D eigenvalue weighted by molar-refractivity contribution is 0.0949. The Labute approximate surface area is 118 Å². The number of hydrogen-bond acceptors (Lipinski definition) is 4. The van der Waals surface area contributed by atoms with Crippen LogP contribution in [0, 0.1) is 6.92 Å². The van der Waals surface area contributed by atoms with Crippen LogP contribution in [-0.2, 0) is 6.42 Å². The molecule has 0 atom stereocenters. The van der Waals surface area contributed by atoms with Crippen molar-refractivity contribution in [3.8, 4) is 0 Å². The Kier molecular flexibility index (Phi) is 4.68. The predicted octanol–water partition coefficient (Wildman–Crippen LogP) is 1.65. The quantitative estimate of drug-likeness (QED) is 0.570. The van der Waals surface area contributed by atoms with E-state index in [2.05, 4.69) is 34.8 Å². The van der Waals surface area contributed by atoms with Gasteiger partial charge < -0.3 is 10.7 Å². The first kappa shape index (κ1) is 14.0. The molecular weight excluding hydrogens is 252 g/mol. The molecule has 0 aliphatic carbocycles.